The Morgan fingerprint density at radius 3 is 3.06 bits per heavy atom. The van der Waals surface area contributed by atoms with Crippen molar-refractivity contribution in [1.82, 2.24) is 4.98 Å². The van der Waals surface area contributed by atoms with Crippen molar-refractivity contribution in [3.05, 3.63) is 18.3 Å². The molecule has 1 aliphatic rings. The Morgan fingerprint density at radius 1 is 1.59 bits per heavy atom. The van der Waals surface area contributed by atoms with E-state index in [1.165, 1.54) is 7.11 Å². The number of hydrogen-bond donors (Lipinski definition) is 1. The molecule has 17 heavy (non-hydrogen) atoms. The summed E-state index contributed by atoms with van der Waals surface area (Å²) in [6.45, 7) is 1.64. The Labute approximate surface area is 101 Å². The summed E-state index contributed by atoms with van der Waals surface area (Å²) in [5, 5.41) is 0. The Kier molecular flexibility index (Phi) is 3.46. The normalized spacial score (nSPS) is 20.1. The summed E-state index contributed by atoms with van der Waals surface area (Å²) in [5.74, 6) is 0.347. The highest BCUT2D eigenvalue weighted by molar-refractivity contribution is 5.73. The van der Waals surface area contributed by atoms with Gasteiger partial charge in [0, 0.05) is 13.1 Å². The lowest BCUT2D eigenvalue weighted by Crippen LogP contribution is -2.39. The summed E-state index contributed by atoms with van der Waals surface area (Å²) in [4.78, 5) is 17.7. The van der Waals surface area contributed by atoms with Gasteiger partial charge in [-0.15, -0.1) is 0 Å². The van der Waals surface area contributed by atoms with Crippen molar-refractivity contribution in [2.75, 3.05) is 30.8 Å². The topological polar surface area (TPSA) is 68.5 Å². The number of nitrogens with two attached hydrogens (primary N) is 1. The van der Waals surface area contributed by atoms with Crippen molar-refractivity contribution in [1.29, 1.82) is 0 Å². The highest BCUT2D eigenvalue weighted by Crippen LogP contribution is 2.23. The van der Waals surface area contributed by atoms with Gasteiger partial charge in [0.25, 0.3) is 0 Å². The molecule has 1 atom stereocenters. The second-order valence-electron chi connectivity index (χ2n) is 4.25. The third-order valence-electron chi connectivity index (χ3n) is 3.09. The van der Waals surface area contributed by atoms with Gasteiger partial charge in [-0.25, -0.2) is 4.98 Å². The molecule has 92 valence electrons. The highest BCUT2D eigenvalue weighted by Gasteiger charge is 2.26. The summed E-state index contributed by atoms with van der Waals surface area (Å²) in [6.07, 6.45) is 3.63. The average Bonchev–Trinajstić information content (AvgIpc) is 2.39. The smallest absolute Gasteiger partial charge is 0.310 e. The zero-order valence-corrected chi connectivity index (χ0v) is 9.93. The number of ether oxygens (including phenoxy) is 1. The third-order valence-corrected chi connectivity index (χ3v) is 3.09. The van der Waals surface area contributed by atoms with Crippen molar-refractivity contribution < 1.29 is 9.53 Å². The lowest BCUT2D eigenvalue weighted by Gasteiger charge is -2.32. The van der Waals surface area contributed by atoms with Crippen LogP contribution in [0.25, 0.3) is 0 Å². The summed E-state index contributed by atoms with van der Waals surface area (Å²) in [5.41, 5.74) is 6.56. The van der Waals surface area contributed by atoms with Crippen LogP contribution in [0.3, 0.4) is 0 Å². The van der Waals surface area contributed by atoms with E-state index >= 15 is 0 Å². The summed E-state index contributed by atoms with van der Waals surface area (Å²) in [7, 11) is 1.44. The van der Waals surface area contributed by atoms with Crippen molar-refractivity contribution in [3.63, 3.8) is 0 Å². The van der Waals surface area contributed by atoms with Gasteiger partial charge < -0.3 is 15.4 Å². The van der Waals surface area contributed by atoms with Gasteiger partial charge in [0.2, 0.25) is 0 Å². The zero-order chi connectivity index (χ0) is 12.3. The molecule has 1 aromatic rings. The molecule has 0 spiro atoms. The minimum absolute atomic E-state index is 0.0358. The highest BCUT2D eigenvalue weighted by atomic mass is 16.5. The van der Waals surface area contributed by atoms with Crippen LogP contribution in [-0.2, 0) is 9.53 Å². The number of anilines is 2. The zero-order valence-electron chi connectivity index (χ0n) is 9.93. The van der Waals surface area contributed by atoms with Crippen LogP contribution < -0.4 is 10.6 Å². The number of nitrogen functional groups attached to an aromatic ring is 1. The lowest BCUT2D eigenvalue weighted by atomic mass is 9.98. The molecule has 0 saturated carbocycles. The molecule has 1 fully saturated rings. The molecule has 1 saturated heterocycles. The maximum Gasteiger partial charge on any atom is 0.310 e. The van der Waals surface area contributed by atoms with E-state index in [9.17, 15) is 4.79 Å². The van der Waals surface area contributed by atoms with E-state index in [-0.39, 0.29) is 11.9 Å². The molecule has 0 radical (unpaired) electrons. The molecule has 0 aromatic carbocycles. The molecule has 5 nitrogen and oxygen atoms in total. The molecule has 1 aliphatic heterocycles. The molecular weight excluding hydrogens is 218 g/mol. The average molecular weight is 235 g/mol. The van der Waals surface area contributed by atoms with Gasteiger partial charge in [-0.05, 0) is 25.0 Å². The summed E-state index contributed by atoms with van der Waals surface area (Å²) >= 11 is 0. The number of hydrogen-bond acceptors (Lipinski definition) is 5. The standard InChI is InChI=1S/C12H17N3O2/c1-17-12(16)9-3-2-6-15(8-9)10-4-5-11(13)14-7-10/h4-5,7,9H,2-3,6,8H2,1H3,(H2,13,14). The number of pyridine rings is 1. The van der Waals surface area contributed by atoms with Crippen LogP contribution in [0.1, 0.15) is 12.8 Å². The van der Waals surface area contributed by atoms with Gasteiger partial charge in [-0.2, -0.15) is 0 Å². The molecule has 2 N–H and O–H groups in total. The van der Waals surface area contributed by atoms with E-state index in [0.29, 0.717) is 12.4 Å². The van der Waals surface area contributed by atoms with Crippen molar-refractivity contribution >= 4 is 17.5 Å². The molecule has 2 heterocycles. The fraction of sp³-hybridized carbons (Fsp3) is 0.500. The van der Waals surface area contributed by atoms with Crippen molar-refractivity contribution in [3.8, 4) is 0 Å². The van der Waals surface area contributed by atoms with Gasteiger partial charge in [0.05, 0.1) is 24.9 Å². The van der Waals surface area contributed by atoms with Crippen LogP contribution in [0.2, 0.25) is 0 Å². The van der Waals surface area contributed by atoms with Gasteiger partial charge in [0.1, 0.15) is 5.82 Å². The van der Waals surface area contributed by atoms with E-state index in [1.54, 1.807) is 12.3 Å². The summed E-state index contributed by atoms with van der Waals surface area (Å²) < 4.78 is 4.79. The number of aromatic nitrogens is 1. The number of esters is 1. The molecule has 5 heteroatoms. The number of nitrogens with zero attached hydrogens (tertiary/aromatic N) is 2. The molecule has 1 unspecified atom stereocenters. The number of piperidine rings is 1. The Morgan fingerprint density at radius 2 is 2.41 bits per heavy atom. The minimum Gasteiger partial charge on any atom is -0.469 e. The minimum atomic E-state index is -0.127. The van der Waals surface area contributed by atoms with Crippen LogP contribution >= 0.6 is 0 Å². The molecule has 2 rings (SSSR count). The molecular formula is C12H17N3O2. The second-order valence-corrected chi connectivity index (χ2v) is 4.25. The number of carbonyl (C=O) groups excluding carboxylic acids is 1. The lowest BCUT2D eigenvalue weighted by molar-refractivity contribution is -0.145. The predicted octanol–water partition coefficient (Wildman–Crippen LogP) is 1.05. The van der Waals surface area contributed by atoms with Gasteiger partial charge in [-0.3, -0.25) is 4.79 Å². The van der Waals surface area contributed by atoms with Crippen LogP contribution in [0.15, 0.2) is 18.3 Å². The maximum absolute atomic E-state index is 11.5. The predicted molar refractivity (Wildman–Crippen MR) is 65.6 cm³/mol. The molecule has 0 bridgehead atoms. The first-order chi connectivity index (χ1) is 8.20. The van der Waals surface area contributed by atoms with Gasteiger partial charge in [0.15, 0.2) is 0 Å². The van der Waals surface area contributed by atoms with Crippen LogP contribution in [0.5, 0.6) is 0 Å². The fourth-order valence-corrected chi connectivity index (χ4v) is 2.16. The maximum atomic E-state index is 11.5. The monoisotopic (exact) mass is 235 g/mol. The first kappa shape index (κ1) is 11.7. The number of methoxy groups -OCH3 is 1. The Balaban J connectivity index is 2.06. The van der Waals surface area contributed by atoms with Gasteiger partial charge in [-0.1, -0.05) is 0 Å². The Bertz CT molecular complexity index is 391. The first-order valence-corrected chi connectivity index (χ1v) is 5.75. The molecule has 0 aliphatic carbocycles. The van der Waals surface area contributed by atoms with Crippen molar-refractivity contribution in [2.45, 2.75) is 12.8 Å². The SMILES string of the molecule is COC(=O)C1CCCN(c2ccc(N)nc2)C1. The number of carbonyl (C=O) groups is 1. The fourth-order valence-electron chi connectivity index (χ4n) is 2.16. The quantitative estimate of drug-likeness (QED) is 0.776. The van der Waals surface area contributed by atoms with Crippen LogP contribution in [0.4, 0.5) is 11.5 Å². The van der Waals surface area contributed by atoms with Crippen LogP contribution in [-0.4, -0.2) is 31.2 Å². The van der Waals surface area contributed by atoms with E-state index < -0.39 is 0 Å². The second kappa shape index (κ2) is 5.03. The van der Waals surface area contributed by atoms with Crippen molar-refractivity contribution in [2.24, 2.45) is 5.92 Å². The molecule has 0 amide bonds. The van der Waals surface area contributed by atoms with E-state index in [0.717, 1.165) is 25.1 Å². The first-order valence-electron chi connectivity index (χ1n) is 5.75. The number of rotatable bonds is 2. The van der Waals surface area contributed by atoms with E-state index in [2.05, 4.69) is 9.88 Å². The Hall–Kier alpha value is -1.78. The molecule has 1 aromatic heterocycles. The van der Waals surface area contributed by atoms with E-state index in [1.807, 2.05) is 6.07 Å². The van der Waals surface area contributed by atoms with E-state index in [4.69, 9.17) is 10.5 Å². The third kappa shape index (κ3) is 2.67. The van der Waals surface area contributed by atoms with Crippen LogP contribution in [0, 0.1) is 5.92 Å². The van der Waals surface area contributed by atoms with Gasteiger partial charge >= 0.3 is 5.97 Å². The largest absolute Gasteiger partial charge is 0.469 e. The summed E-state index contributed by atoms with van der Waals surface area (Å²) in [6, 6.07) is 3.71.